The second kappa shape index (κ2) is 6.85. The topological polar surface area (TPSA) is 95.5 Å². The predicted molar refractivity (Wildman–Crippen MR) is 63.6 cm³/mol. The van der Waals surface area contributed by atoms with E-state index in [1.807, 2.05) is 35.6 Å². The molecule has 6 nitrogen and oxygen atoms in total. The number of imide groups is 1. The molecule has 1 rings (SSSR count). The van der Waals surface area contributed by atoms with Crippen molar-refractivity contribution in [2.24, 2.45) is 0 Å². The van der Waals surface area contributed by atoms with Crippen LogP contribution in [0.2, 0.25) is 0 Å². The van der Waals surface area contributed by atoms with E-state index in [1.165, 1.54) is 0 Å². The van der Waals surface area contributed by atoms with Crippen LogP contribution in [0.1, 0.15) is 5.56 Å². The van der Waals surface area contributed by atoms with Gasteiger partial charge >= 0.3 is 12.0 Å². The monoisotopic (exact) mass is 248 g/mol. The number of urea groups is 1. The van der Waals surface area contributed by atoms with Crippen molar-refractivity contribution in [3.05, 3.63) is 48.0 Å². The van der Waals surface area contributed by atoms with Gasteiger partial charge in [0.25, 0.3) is 5.91 Å². The van der Waals surface area contributed by atoms with Crippen LogP contribution in [0.15, 0.2) is 42.5 Å². The number of rotatable bonds is 4. The van der Waals surface area contributed by atoms with Gasteiger partial charge in [-0.2, -0.15) is 0 Å². The van der Waals surface area contributed by atoms with Crippen molar-refractivity contribution in [2.75, 3.05) is 0 Å². The fourth-order valence-electron chi connectivity index (χ4n) is 1.12. The zero-order valence-electron chi connectivity index (χ0n) is 9.42. The maximum Gasteiger partial charge on any atom is 0.328 e. The van der Waals surface area contributed by atoms with Gasteiger partial charge in [-0.25, -0.2) is 9.59 Å². The van der Waals surface area contributed by atoms with E-state index in [2.05, 4.69) is 5.32 Å². The quantitative estimate of drug-likeness (QED) is 0.682. The number of aliphatic carboxylic acids is 1. The minimum absolute atomic E-state index is 0.280. The summed E-state index contributed by atoms with van der Waals surface area (Å²) in [5.41, 5.74) is 0.890. The third kappa shape index (κ3) is 5.45. The highest BCUT2D eigenvalue weighted by Crippen LogP contribution is 1.96. The van der Waals surface area contributed by atoms with E-state index in [0.29, 0.717) is 6.08 Å². The summed E-state index contributed by atoms with van der Waals surface area (Å²) in [6, 6.07) is 8.48. The molecule has 0 atom stereocenters. The largest absolute Gasteiger partial charge is 0.478 e. The second-order valence-electron chi connectivity index (χ2n) is 3.33. The van der Waals surface area contributed by atoms with E-state index >= 15 is 0 Å². The average Bonchev–Trinajstić information content (AvgIpc) is 2.35. The Bertz CT molecular complexity index is 468. The number of benzene rings is 1. The first-order valence-corrected chi connectivity index (χ1v) is 5.11. The summed E-state index contributed by atoms with van der Waals surface area (Å²) >= 11 is 0. The SMILES string of the molecule is O=C(O)/C=C/C(=O)NC(=O)NCc1ccccc1. The van der Waals surface area contributed by atoms with E-state index in [9.17, 15) is 14.4 Å². The van der Waals surface area contributed by atoms with Gasteiger partial charge < -0.3 is 10.4 Å². The Balaban J connectivity index is 2.34. The summed E-state index contributed by atoms with van der Waals surface area (Å²) in [6.07, 6.45) is 1.42. The Kier molecular flexibility index (Phi) is 5.11. The van der Waals surface area contributed by atoms with Crippen molar-refractivity contribution >= 4 is 17.9 Å². The van der Waals surface area contributed by atoms with Gasteiger partial charge in [0.15, 0.2) is 0 Å². The highest BCUT2D eigenvalue weighted by Gasteiger charge is 2.04. The molecule has 3 N–H and O–H groups in total. The number of carboxylic acid groups (broad SMARTS) is 1. The molecule has 0 saturated carbocycles. The number of hydrogen-bond donors (Lipinski definition) is 3. The molecule has 3 amide bonds. The first-order valence-electron chi connectivity index (χ1n) is 5.11. The molecule has 0 unspecified atom stereocenters. The number of nitrogens with one attached hydrogen (secondary N) is 2. The molecular formula is C12H12N2O4. The first kappa shape index (κ1) is 13.4. The van der Waals surface area contributed by atoms with Gasteiger partial charge in [0.1, 0.15) is 0 Å². The van der Waals surface area contributed by atoms with Crippen LogP contribution < -0.4 is 10.6 Å². The molecule has 0 aliphatic rings. The van der Waals surface area contributed by atoms with E-state index in [-0.39, 0.29) is 6.54 Å². The van der Waals surface area contributed by atoms with Crippen LogP contribution in [0.3, 0.4) is 0 Å². The van der Waals surface area contributed by atoms with Crippen molar-refractivity contribution in [1.29, 1.82) is 0 Å². The van der Waals surface area contributed by atoms with Crippen molar-refractivity contribution in [3.8, 4) is 0 Å². The lowest BCUT2D eigenvalue weighted by Crippen LogP contribution is -2.38. The minimum Gasteiger partial charge on any atom is -0.478 e. The zero-order valence-corrected chi connectivity index (χ0v) is 9.42. The van der Waals surface area contributed by atoms with Crippen molar-refractivity contribution < 1.29 is 19.5 Å². The Morgan fingerprint density at radius 2 is 1.78 bits per heavy atom. The minimum atomic E-state index is -1.25. The number of carbonyl (C=O) groups is 3. The molecule has 94 valence electrons. The van der Waals surface area contributed by atoms with Gasteiger partial charge in [-0.1, -0.05) is 30.3 Å². The lowest BCUT2D eigenvalue weighted by molar-refractivity contribution is -0.131. The fourth-order valence-corrected chi connectivity index (χ4v) is 1.12. The van der Waals surface area contributed by atoms with Crippen molar-refractivity contribution in [1.82, 2.24) is 10.6 Å². The van der Waals surface area contributed by atoms with Crippen LogP contribution in [0.25, 0.3) is 0 Å². The standard InChI is InChI=1S/C12H12N2O4/c15-10(6-7-11(16)17)14-12(18)13-8-9-4-2-1-3-5-9/h1-7H,8H2,(H,16,17)(H2,13,14,15,18)/b7-6+. The molecule has 6 heteroatoms. The molecule has 0 aliphatic heterocycles. The number of hydrogen-bond acceptors (Lipinski definition) is 3. The number of carboxylic acids is 1. The Labute approximate surface area is 103 Å². The normalized spacial score (nSPS) is 10.0. The summed E-state index contributed by atoms with van der Waals surface area (Å²) in [6.45, 7) is 0.280. The summed E-state index contributed by atoms with van der Waals surface area (Å²) in [4.78, 5) is 32.4. The average molecular weight is 248 g/mol. The molecular weight excluding hydrogens is 236 g/mol. The zero-order chi connectivity index (χ0) is 13.4. The summed E-state index contributed by atoms with van der Waals surface area (Å²) < 4.78 is 0. The summed E-state index contributed by atoms with van der Waals surface area (Å²) in [5.74, 6) is -2.04. The van der Waals surface area contributed by atoms with Gasteiger partial charge in [0, 0.05) is 18.7 Å². The van der Waals surface area contributed by atoms with E-state index in [4.69, 9.17) is 5.11 Å². The Morgan fingerprint density at radius 1 is 1.11 bits per heavy atom. The molecule has 0 saturated heterocycles. The number of carbonyl (C=O) groups excluding carboxylic acids is 2. The maximum absolute atomic E-state index is 11.2. The molecule has 1 aromatic rings. The lowest BCUT2D eigenvalue weighted by atomic mass is 10.2. The van der Waals surface area contributed by atoms with Crippen molar-refractivity contribution in [2.45, 2.75) is 6.54 Å². The molecule has 0 radical (unpaired) electrons. The van der Waals surface area contributed by atoms with Crippen LogP contribution in [0.4, 0.5) is 4.79 Å². The molecule has 18 heavy (non-hydrogen) atoms. The smallest absolute Gasteiger partial charge is 0.328 e. The van der Waals surface area contributed by atoms with Crippen LogP contribution >= 0.6 is 0 Å². The summed E-state index contributed by atoms with van der Waals surface area (Å²) in [5, 5.41) is 12.7. The van der Waals surface area contributed by atoms with E-state index in [1.54, 1.807) is 0 Å². The Morgan fingerprint density at radius 3 is 2.39 bits per heavy atom. The number of amides is 3. The van der Waals surface area contributed by atoms with E-state index < -0.39 is 17.9 Å². The molecule has 0 aromatic heterocycles. The predicted octanol–water partition coefficient (Wildman–Crippen LogP) is 0.653. The van der Waals surface area contributed by atoms with Crippen molar-refractivity contribution in [3.63, 3.8) is 0 Å². The third-order valence-corrected chi connectivity index (χ3v) is 1.91. The molecule has 0 fully saturated rings. The molecule has 0 heterocycles. The van der Waals surface area contributed by atoms with Gasteiger partial charge in [-0.3, -0.25) is 10.1 Å². The molecule has 0 spiro atoms. The lowest BCUT2D eigenvalue weighted by Gasteiger charge is -2.04. The van der Waals surface area contributed by atoms with Crippen LogP contribution in [0.5, 0.6) is 0 Å². The third-order valence-electron chi connectivity index (χ3n) is 1.91. The van der Waals surface area contributed by atoms with Crippen LogP contribution in [-0.2, 0) is 16.1 Å². The first-order chi connectivity index (χ1) is 8.58. The molecule has 0 aliphatic carbocycles. The van der Waals surface area contributed by atoms with Gasteiger partial charge in [-0.05, 0) is 5.56 Å². The highest BCUT2D eigenvalue weighted by molar-refractivity contribution is 6.02. The Hall–Kier alpha value is -2.63. The second-order valence-corrected chi connectivity index (χ2v) is 3.33. The maximum atomic E-state index is 11.2. The highest BCUT2D eigenvalue weighted by atomic mass is 16.4. The van der Waals surface area contributed by atoms with Gasteiger partial charge in [-0.15, -0.1) is 0 Å². The summed E-state index contributed by atoms with van der Waals surface area (Å²) in [7, 11) is 0. The van der Waals surface area contributed by atoms with Crippen LogP contribution in [0, 0.1) is 0 Å². The fraction of sp³-hybridized carbons (Fsp3) is 0.0833. The van der Waals surface area contributed by atoms with Gasteiger partial charge in [0.05, 0.1) is 0 Å². The van der Waals surface area contributed by atoms with Gasteiger partial charge in [0.2, 0.25) is 0 Å². The van der Waals surface area contributed by atoms with Crippen LogP contribution in [-0.4, -0.2) is 23.0 Å². The molecule has 0 bridgehead atoms. The molecule has 1 aromatic carbocycles. The van der Waals surface area contributed by atoms with E-state index in [0.717, 1.165) is 11.6 Å².